The second-order valence-electron chi connectivity index (χ2n) is 3.69. The third kappa shape index (κ3) is 2.20. The number of carbonyl (C=O) groups is 2. The Hall–Kier alpha value is -2.30. The predicted molar refractivity (Wildman–Crippen MR) is 63.1 cm³/mol. The van der Waals surface area contributed by atoms with Crippen LogP contribution in [0.1, 0.15) is 12.5 Å². The van der Waals surface area contributed by atoms with Gasteiger partial charge in [-0.2, -0.15) is 0 Å². The summed E-state index contributed by atoms with van der Waals surface area (Å²) in [6.07, 6.45) is 0. The summed E-state index contributed by atoms with van der Waals surface area (Å²) >= 11 is 0. The zero-order valence-electron chi connectivity index (χ0n) is 9.80. The van der Waals surface area contributed by atoms with Gasteiger partial charge in [0.2, 0.25) is 0 Å². The van der Waals surface area contributed by atoms with E-state index in [9.17, 15) is 9.59 Å². The number of carboxylic acids is 1. The van der Waals surface area contributed by atoms with Crippen LogP contribution in [0.15, 0.2) is 29.8 Å². The van der Waals surface area contributed by atoms with Crippen molar-refractivity contribution in [2.24, 2.45) is 0 Å². The second kappa shape index (κ2) is 4.91. The van der Waals surface area contributed by atoms with E-state index in [4.69, 9.17) is 14.6 Å². The Morgan fingerprint density at radius 1 is 1.39 bits per heavy atom. The second-order valence-corrected chi connectivity index (χ2v) is 3.69. The molecule has 1 aliphatic rings. The Bertz CT molecular complexity index is 513. The van der Waals surface area contributed by atoms with Gasteiger partial charge in [-0.25, -0.2) is 9.59 Å². The summed E-state index contributed by atoms with van der Waals surface area (Å²) < 4.78 is 10.0. The lowest BCUT2D eigenvalue weighted by Gasteiger charge is -2.05. The smallest absolute Gasteiger partial charge is 0.346 e. The first kappa shape index (κ1) is 12.2. The molecule has 0 amide bonds. The highest BCUT2D eigenvalue weighted by Gasteiger charge is 2.31. The van der Waals surface area contributed by atoms with Crippen LogP contribution in [0.4, 0.5) is 0 Å². The number of rotatable bonds is 4. The van der Waals surface area contributed by atoms with Gasteiger partial charge in [-0.15, -0.1) is 0 Å². The fourth-order valence-corrected chi connectivity index (χ4v) is 1.77. The molecule has 2 rings (SSSR count). The summed E-state index contributed by atoms with van der Waals surface area (Å²) in [6, 6.07) is 6.89. The topological polar surface area (TPSA) is 72.8 Å². The van der Waals surface area contributed by atoms with E-state index < -0.39 is 11.9 Å². The van der Waals surface area contributed by atoms with Crippen LogP contribution in [0.3, 0.4) is 0 Å². The van der Waals surface area contributed by atoms with Gasteiger partial charge in [0.1, 0.15) is 12.4 Å². The fraction of sp³-hybridized carbons (Fsp3) is 0.231. The van der Waals surface area contributed by atoms with E-state index in [2.05, 4.69) is 0 Å². The highest BCUT2D eigenvalue weighted by Crippen LogP contribution is 2.27. The molecule has 0 aromatic heterocycles. The maximum absolute atomic E-state index is 11.3. The molecule has 1 aromatic carbocycles. The first-order valence-corrected chi connectivity index (χ1v) is 5.50. The quantitative estimate of drug-likeness (QED) is 0.645. The van der Waals surface area contributed by atoms with Gasteiger partial charge in [-0.05, 0) is 24.6 Å². The molecule has 0 fully saturated rings. The maximum Gasteiger partial charge on any atom is 0.346 e. The van der Waals surface area contributed by atoms with E-state index in [1.165, 1.54) is 0 Å². The van der Waals surface area contributed by atoms with Crippen molar-refractivity contribution in [2.45, 2.75) is 6.92 Å². The van der Waals surface area contributed by atoms with Crippen molar-refractivity contribution in [3.05, 3.63) is 35.4 Å². The van der Waals surface area contributed by atoms with Gasteiger partial charge in [0, 0.05) is 5.57 Å². The molecule has 1 aliphatic heterocycles. The Balaban J connectivity index is 2.36. The molecule has 0 unspecified atom stereocenters. The molecule has 0 aliphatic carbocycles. The number of benzene rings is 1. The molecule has 5 nitrogen and oxygen atoms in total. The van der Waals surface area contributed by atoms with Gasteiger partial charge in [-0.1, -0.05) is 12.1 Å². The lowest BCUT2D eigenvalue weighted by atomic mass is 10.0. The molecule has 0 saturated heterocycles. The molecule has 1 heterocycles. The molecule has 0 spiro atoms. The first-order chi connectivity index (χ1) is 8.63. The van der Waals surface area contributed by atoms with Crippen molar-refractivity contribution in [1.82, 2.24) is 0 Å². The molecule has 0 saturated carbocycles. The molecule has 0 radical (unpaired) electrons. The Morgan fingerprint density at radius 3 is 2.61 bits per heavy atom. The van der Waals surface area contributed by atoms with Crippen LogP contribution < -0.4 is 4.74 Å². The summed E-state index contributed by atoms with van der Waals surface area (Å²) in [6.45, 7) is 2.43. The number of hydrogen-bond donors (Lipinski definition) is 1. The lowest BCUT2D eigenvalue weighted by molar-refractivity contribution is -0.141. The molecule has 1 N–H and O–H groups in total. The summed E-state index contributed by atoms with van der Waals surface area (Å²) in [7, 11) is 0. The minimum Gasteiger partial charge on any atom is -0.494 e. The standard InChI is InChI=1S/C13H12O5/c1-2-17-9-5-3-8(4-6-9)10-7-18-13(16)11(10)12(14)15/h3-6H,2,7H2,1H3,(H,14,15). The van der Waals surface area contributed by atoms with E-state index in [1.807, 2.05) is 6.92 Å². The molecule has 1 aromatic rings. The molecule has 94 valence electrons. The molecular weight excluding hydrogens is 236 g/mol. The lowest BCUT2D eigenvalue weighted by Crippen LogP contribution is -2.09. The van der Waals surface area contributed by atoms with Crippen molar-refractivity contribution < 1.29 is 24.2 Å². The van der Waals surface area contributed by atoms with Crippen LogP contribution >= 0.6 is 0 Å². The predicted octanol–water partition coefficient (Wildman–Crippen LogP) is 1.48. The van der Waals surface area contributed by atoms with Crippen LogP contribution in [0.5, 0.6) is 5.75 Å². The highest BCUT2D eigenvalue weighted by molar-refractivity contribution is 6.21. The van der Waals surface area contributed by atoms with Gasteiger partial charge in [-0.3, -0.25) is 0 Å². The zero-order valence-corrected chi connectivity index (χ0v) is 9.80. The van der Waals surface area contributed by atoms with Gasteiger partial charge >= 0.3 is 11.9 Å². The summed E-state index contributed by atoms with van der Waals surface area (Å²) in [5.74, 6) is -1.35. The molecular formula is C13H12O5. The van der Waals surface area contributed by atoms with E-state index in [0.29, 0.717) is 23.5 Å². The Morgan fingerprint density at radius 2 is 2.06 bits per heavy atom. The van der Waals surface area contributed by atoms with Crippen molar-refractivity contribution in [3.8, 4) is 5.75 Å². The van der Waals surface area contributed by atoms with Gasteiger partial charge < -0.3 is 14.6 Å². The highest BCUT2D eigenvalue weighted by atomic mass is 16.5. The number of ether oxygens (including phenoxy) is 2. The van der Waals surface area contributed by atoms with Crippen LogP contribution in [-0.2, 0) is 14.3 Å². The molecule has 5 heteroatoms. The van der Waals surface area contributed by atoms with Crippen molar-refractivity contribution in [3.63, 3.8) is 0 Å². The monoisotopic (exact) mass is 248 g/mol. The van der Waals surface area contributed by atoms with Gasteiger partial charge in [0.15, 0.2) is 5.57 Å². The number of carboxylic acid groups (broad SMARTS) is 1. The number of carbonyl (C=O) groups excluding carboxylic acids is 1. The molecule has 18 heavy (non-hydrogen) atoms. The number of esters is 1. The van der Waals surface area contributed by atoms with E-state index in [1.54, 1.807) is 24.3 Å². The summed E-state index contributed by atoms with van der Waals surface area (Å²) in [4.78, 5) is 22.3. The van der Waals surface area contributed by atoms with E-state index in [-0.39, 0.29) is 12.2 Å². The Kier molecular flexibility index (Phi) is 3.32. The average Bonchev–Trinajstić information content (AvgIpc) is 2.73. The number of aliphatic carboxylic acids is 1. The number of cyclic esters (lactones) is 1. The van der Waals surface area contributed by atoms with E-state index in [0.717, 1.165) is 0 Å². The minimum absolute atomic E-state index is 0.00551. The SMILES string of the molecule is CCOc1ccc(C2=C(C(=O)O)C(=O)OC2)cc1. The Labute approximate surface area is 104 Å². The van der Waals surface area contributed by atoms with Crippen molar-refractivity contribution in [1.29, 1.82) is 0 Å². The fourth-order valence-electron chi connectivity index (χ4n) is 1.77. The largest absolute Gasteiger partial charge is 0.494 e. The molecule has 0 atom stereocenters. The third-order valence-corrected chi connectivity index (χ3v) is 2.58. The molecule has 0 bridgehead atoms. The van der Waals surface area contributed by atoms with Crippen LogP contribution in [0, 0.1) is 0 Å². The first-order valence-electron chi connectivity index (χ1n) is 5.50. The normalized spacial score (nSPS) is 14.6. The van der Waals surface area contributed by atoms with Crippen molar-refractivity contribution >= 4 is 17.5 Å². The summed E-state index contributed by atoms with van der Waals surface area (Å²) in [5, 5.41) is 8.97. The summed E-state index contributed by atoms with van der Waals surface area (Å²) in [5.41, 5.74) is 0.761. The maximum atomic E-state index is 11.3. The van der Waals surface area contributed by atoms with Crippen LogP contribution in [-0.4, -0.2) is 30.3 Å². The van der Waals surface area contributed by atoms with Crippen molar-refractivity contribution in [2.75, 3.05) is 13.2 Å². The van der Waals surface area contributed by atoms with Crippen LogP contribution in [0.25, 0.3) is 5.57 Å². The van der Waals surface area contributed by atoms with E-state index >= 15 is 0 Å². The van der Waals surface area contributed by atoms with Gasteiger partial charge in [0.05, 0.1) is 6.61 Å². The third-order valence-electron chi connectivity index (χ3n) is 2.58. The van der Waals surface area contributed by atoms with Gasteiger partial charge in [0.25, 0.3) is 0 Å². The number of hydrogen-bond acceptors (Lipinski definition) is 4. The zero-order chi connectivity index (χ0) is 13.1. The average molecular weight is 248 g/mol. The minimum atomic E-state index is -1.26. The van der Waals surface area contributed by atoms with Crippen LogP contribution in [0.2, 0.25) is 0 Å².